The molecule has 0 fully saturated rings. The van der Waals surface area contributed by atoms with E-state index in [-0.39, 0.29) is 16.7 Å². The van der Waals surface area contributed by atoms with Crippen LogP contribution in [0.5, 0.6) is 5.75 Å². The Hall–Kier alpha value is -1.43. The molecule has 1 aromatic carbocycles. The van der Waals surface area contributed by atoms with Crippen LogP contribution in [0.15, 0.2) is 12.1 Å². The summed E-state index contributed by atoms with van der Waals surface area (Å²) in [7, 11) is 0. The van der Waals surface area contributed by atoms with Crippen LogP contribution in [0.25, 0.3) is 0 Å². The number of benzene rings is 1. The van der Waals surface area contributed by atoms with Gasteiger partial charge in [-0.2, -0.15) is 0 Å². The van der Waals surface area contributed by atoms with Crippen molar-refractivity contribution in [3.8, 4) is 5.75 Å². The van der Waals surface area contributed by atoms with Crippen molar-refractivity contribution in [2.75, 3.05) is 11.9 Å². The summed E-state index contributed by atoms with van der Waals surface area (Å²) >= 11 is 13.5. The molecule has 1 aliphatic carbocycles. The Labute approximate surface area is 154 Å². The number of anilines is 1. The SMILES string of the molecule is CCOC(=O)c1c(NCc2cc(Cl)cc(Cl)c2O)sc2c1CCC2. The monoisotopic (exact) mass is 385 g/mol. The van der Waals surface area contributed by atoms with Crippen LogP contribution in [0, 0.1) is 0 Å². The molecule has 4 nitrogen and oxygen atoms in total. The maximum atomic E-state index is 12.3. The van der Waals surface area contributed by atoms with Gasteiger partial charge in [-0.05, 0) is 43.9 Å². The van der Waals surface area contributed by atoms with Crippen molar-refractivity contribution >= 4 is 45.5 Å². The molecule has 1 heterocycles. The number of carbonyl (C=O) groups excluding carboxylic acids is 1. The van der Waals surface area contributed by atoms with Gasteiger partial charge in [0.05, 0.1) is 17.2 Å². The molecule has 2 aromatic rings. The first-order valence-electron chi connectivity index (χ1n) is 7.73. The van der Waals surface area contributed by atoms with E-state index in [0.717, 1.165) is 29.8 Å². The Balaban J connectivity index is 1.87. The van der Waals surface area contributed by atoms with E-state index in [1.807, 2.05) is 0 Å². The Kier molecular flexibility index (Phi) is 5.23. The van der Waals surface area contributed by atoms with Gasteiger partial charge in [0.25, 0.3) is 0 Å². The number of ether oxygens (including phenoxy) is 1. The van der Waals surface area contributed by atoms with Crippen LogP contribution >= 0.6 is 34.5 Å². The van der Waals surface area contributed by atoms with E-state index in [1.54, 1.807) is 24.3 Å². The van der Waals surface area contributed by atoms with Crippen LogP contribution in [-0.4, -0.2) is 17.7 Å². The van der Waals surface area contributed by atoms with Crippen LogP contribution in [0.2, 0.25) is 10.0 Å². The summed E-state index contributed by atoms with van der Waals surface area (Å²) in [5, 5.41) is 14.7. The summed E-state index contributed by atoms with van der Waals surface area (Å²) in [6.45, 7) is 2.45. The number of phenols is 1. The number of hydrogen-bond acceptors (Lipinski definition) is 5. The Morgan fingerprint density at radius 2 is 2.17 bits per heavy atom. The molecule has 0 radical (unpaired) electrons. The lowest BCUT2D eigenvalue weighted by atomic mass is 10.1. The molecular weight excluding hydrogens is 369 g/mol. The second kappa shape index (κ2) is 7.21. The largest absolute Gasteiger partial charge is 0.506 e. The zero-order chi connectivity index (χ0) is 17.3. The fraction of sp³-hybridized carbons (Fsp3) is 0.353. The van der Waals surface area contributed by atoms with Gasteiger partial charge in [0.2, 0.25) is 0 Å². The quantitative estimate of drug-likeness (QED) is 0.707. The van der Waals surface area contributed by atoms with Crippen LogP contribution in [0.3, 0.4) is 0 Å². The van der Waals surface area contributed by atoms with Gasteiger partial charge in [0.15, 0.2) is 0 Å². The van der Waals surface area contributed by atoms with E-state index >= 15 is 0 Å². The molecule has 3 rings (SSSR count). The molecule has 2 N–H and O–H groups in total. The number of aromatic hydroxyl groups is 1. The van der Waals surface area contributed by atoms with E-state index in [2.05, 4.69) is 5.32 Å². The predicted molar refractivity (Wildman–Crippen MR) is 97.8 cm³/mol. The lowest BCUT2D eigenvalue weighted by molar-refractivity contribution is 0.0527. The molecule has 7 heteroatoms. The van der Waals surface area contributed by atoms with Crippen LogP contribution in [-0.2, 0) is 24.1 Å². The Bertz CT molecular complexity index is 789. The molecule has 0 aliphatic heterocycles. The highest BCUT2D eigenvalue weighted by molar-refractivity contribution is 7.16. The summed E-state index contributed by atoms with van der Waals surface area (Å²) in [5.41, 5.74) is 2.30. The minimum atomic E-state index is -0.298. The number of aryl methyl sites for hydroxylation is 1. The first kappa shape index (κ1) is 17.4. The Morgan fingerprint density at radius 3 is 2.92 bits per heavy atom. The molecule has 1 aromatic heterocycles. The van der Waals surface area contributed by atoms with Crippen LogP contribution in [0.1, 0.15) is 39.7 Å². The molecular formula is C17H17Cl2NO3S. The van der Waals surface area contributed by atoms with Gasteiger partial charge < -0.3 is 15.2 Å². The van der Waals surface area contributed by atoms with Crippen molar-refractivity contribution in [2.24, 2.45) is 0 Å². The number of fused-ring (bicyclic) bond motifs is 1. The highest BCUT2D eigenvalue weighted by Crippen LogP contribution is 2.40. The normalized spacial score (nSPS) is 13.0. The van der Waals surface area contributed by atoms with Gasteiger partial charge in [0.1, 0.15) is 10.8 Å². The van der Waals surface area contributed by atoms with Crippen LogP contribution < -0.4 is 5.32 Å². The first-order chi connectivity index (χ1) is 11.5. The summed E-state index contributed by atoms with van der Waals surface area (Å²) < 4.78 is 5.20. The molecule has 0 amide bonds. The van der Waals surface area contributed by atoms with Gasteiger partial charge in [0, 0.05) is 22.0 Å². The number of nitrogens with one attached hydrogen (secondary N) is 1. The third-order valence-electron chi connectivity index (χ3n) is 3.95. The maximum absolute atomic E-state index is 12.3. The number of esters is 1. The molecule has 0 saturated carbocycles. The van der Waals surface area contributed by atoms with Crippen molar-refractivity contribution in [3.05, 3.63) is 43.7 Å². The minimum absolute atomic E-state index is 0.00431. The van der Waals surface area contributed by atoms with E-state index in [9.17, 15) is 9.90 Å². The molecule has 24 heavy (non-hydrogen) atoms. The minimum Gasteiger partial charge on any atom is -0.506 e. The highest BCUT2D eigenvalue weighted by atomic mass is 35.5. The molecule has 0 bridgehead atoms. The first-order valence-corrected chi connectivity index (χ1v) is 9.31. The van der Waals surface area contributed by atoms with E-state index in [1.165, 1.54) is 10.9 Å². The van der Waals surface area contributed by atoms with Crippen molar-refractivity contribution in [1.29, 1.82) is 0 Å². The lowest BCUT2D eigenvalue weighted by Gasteiger charge is -2.11. The molecule has 0 saturated heterocycles. The summed E-state index contributed by atoms with van der Waals surface area (Å²) in [4.78, 5) is 13.6. The fourth-order valence-electron chi connectivity index (χ4n) is 2.88. The number of carbonyl (C=O) groups is 1. The predicted octanol–water partition coefficient (Wildman–Crippen LogP) is 5.04. The summed E-state index contributed by atoms with van der Waals surface area (Å²) in [6, 6.07) is 3.15. The number of halogens is 2. The molecule has 0 spiro atoms. The van der Waals surface area contributed by atoms with Crippen molar-refractivity contribution in [3.63, 3.8) is 0 Å². The third-order valence-corrected chi connectivity index (χ3v) is 5.70. The zero-order valence-electron chi connectivity index (χ0n) is 13.1. The average molecular weight is 386 g/mol. The summed E-state index contributed by atoms with van der Waals surface area (Å²) in [5.74, 6) is -0.303. The lowest BCUT2D eigenvalue weighted by Crippen LogP contribution is -2.10. The van der Waals surface area contributed by atoms with Gasteiger partial charge in [-0.1, -0.05) is 23.2 Å². The fourth-order valence-corrected chi connectivity index (χ4v) is 4.69. The molecule has 0 unspecified atom stereocenters. The van der Waals surface area contributed by atoms with Gasteiger partial charge in [-0.3, -0.25) is 0 Å². The Morgan fingerprint density at radius 1 is 1.38 bits per heavy atom. The van der Waals surface area contributed by atoms with Crippen molar-refractivity contribution in [2.45, 2.75) is 32.7 Å². The van der Waals surface area contributed by atoms with E-state index in [4.69, 9.17) is 27.9 Å². The van der Waals surface area contributed by atoms with Gasteiger partial charge >= 0.3 is 5.97 Å². The smallest absolute Gasteiger partial charge is 0.341 e. The third kappa shape index (κ3) is 3.34. The molecule has 0 atom stereocenters. The number of rotatable bonds is 5. The average Bonchev–Trinajstić information content (AvgIpc) is 3.09. The number of hydrogen-bond donors (Lipinski definition) is 2. The highest BCUT2D eigenvalue weighted by Gasteiger charge is 2.27. The molecule has 128 valence electrons. The van der Waals surface area contributed by atoms with E-state index in [0.29, 0.717) is 29.3 Å². The zero-order valence-corrected chi connectivity index (χ0v) is 15.4. The molecule has 1 aliphatic rings. The number of thiophene rings is 1. The summed E-state index contributed by atoms with van der Waals surface area (Å²) in [6.07, 6.45) is 2.96. The standard InChI is InChI=1S/C17H17Cl2NO3S/c1-2-23-17(22)14-11-4-3-5-13(11)24-16(14)20-8-9-6-10(18)7-12(19)15(9)21/h6-7,20-21H,2-5,8H2,1H3. The van der Waals surface area contributed by atoms with Crippen LogP contribution in [0.4, 0.5) is 5.00 Å². The van der Waals surface area contributed by atoms with E-state index < -0.39 is 0 Å². The second-order valence-corrected chi connectivity index (χ2v) is 7.48. The maximum Gasteiger partial charge on any atom is 0.341 e. The number of phenolic OH excluding ortho intramolecular Hbond substituents is 1. The van der Waals surface area contributed by atoms with Gasteiger partial charge in [-0.25, -0.2) is 4.79 Å². The second-order valence-electron chi connectivity index (χ2n) is 5.53. The van der Waals surface area contributed by atoms with Crippen molar-refractivity contribution in [1.82, 2.24) is 0 Å². The van der Waals surface area contributed by atoms with Gasteiger partial charge in [-0.15, -0.1) is 11.3 Å². The van der Waals surface area contributed by atoms with Crippen molar-refractivity contribution < 1.29 is 14.6 Å². The topological polar surface area (TPSA) is 58.6 Å².